The summed E-state index contributed by atoms with van der Waals surface area (Å²) in [7, 11) is 1.71. The van der Waals surface area contributed by atoms with Crippen LogP contribution in [0.2, 0.25) is 0 Å². The standard InChI is InChI=1S/C17H25BrO2/c1-19-16-9-7-14(8-10-16)12-15(13-18)4-2-5-17-6-3-11-20-17/h7-10,15,17H,2-6,11-13H2,1H3. The molecule has 20 heavy (non-hydrogen) atoms. The molecule has 0 amide bonds. The van der Waals surface area contributed by atoms with Gasteiger partial charge >= 0.3 is 0 Å². The van der Waals surface area contributed by atoms with Crippen LogP contribution in [0.15, 0.2) is 24.3 Å². The molecule has 2 atom stereocenters. The number of alkyl halides is 1. The average molecular weight is 341 g/mol. The van der Waals surface area contributed by atoms with Crippen molar-refractivity contribution in [2.45, 2.75) is 44.6 Å². The van der Waals surface area contributed by atoms with Crippen molar-refractivity contribution >= 4 is 15.9 Å². The number of methoxy groups -OCH3 is 1. The highest BCUT2D eigenvalue weighted by Crippen LogP contribution is 2.23. The van der Waals surface area contributed by atoms with E-state index in [1.165, 1.54) is 37.7 Å². The van der Waals surface area contributed by atoms with Gasteiger partial charge in [-0.05, 0) is 55.7 Å². The Morgan fingerprint density at radius 2 is 2.15 bits per heavy atom. The quantitative estimate of drug-likeness (QED) is 0.644. The van der Waals surface area contributed by atoms with Crippen LogP contribution in [0.25, 0.3) is 0 Å². The lowest BCUT2D eigenvalue weighted by molar-refractivity contribution is 0.101. The maximum absolute atomic E-state index is 5.69. The van der Waals surface area contributed by atoms with Crippen LogP contribution in [0.3, 0.4) is 0 Å². The molecule has 1 aliphatic heterocycles. The molecule has 0 bridgehead atoms. The Balaban J connectivity index is 1.72. The lowest BCUT2D eigenvalue weighted by Gasteiger charge is -2.16. The molecule has 1 aromatic carbocycles. The molecule has 0 N–H and O–H groups in total. The summed E-state index contributed by atoms with van der Waals surface area (Å²) < 4.78 is 10.9. The Hall–Kier alpha value is -0.540. The number of ether oxygens (including phenoxy) is 2. The van der Waals surface area contributed by atoms with Gasteiger partial charge in [-0.25, -0.2) is 0 Å². The molecule has 1 heterocycles. The van der Waals surface area contributed by atoms with Gasteiger partial charge in [-0.2, -0.15) is 0 Å². The van der Waals surface area contributed by atoms with E-state index in [1.54, 1.807) is 7.11 Å². The number of benzene rings is 1. The van der Waals surface area contributed by atoms with Crippen LogP contribution in [0, 0.1) is 5.92 Å². The first-order valence-corrected chi connectivity index (χ1v) is 8.74. The fourth-order valence-electron chi connectivity index (χ4n) is 2.83. The SMILES string of the molecule is COc1ccc(CC(CBr)CCCC2CCCO2)cc1. The molecular weight excluding hydrogens is 316 g/mol. The molecule has 1 aromatic rings. The zero-order chi connectivity index (χ0) is 14.2. The maximum atomic E-state index is 5.69. The first kappa shape index (κ1) is 15.8. The number of rotatable bonds is 8. The highest BCUT2D eigenvalue weighted by molar-refractivity contribution is 9.09. The average Bonchev–Trinajstić information content (AvgIpc) is 3.00. The van der Waals surface area contributed by atoms with Crippen molar-refractivity contribution in [3.05, 3.63) is 29.8 Å². The van der Waals surface area contributed by atoms with E-state index < -0.39 is 0 Å². The minimum absolute atomic E-state index is 0.534. The van der Waals surface area contributed by atoms with Crippen LogP contribution in [-0.4, -0.2) is 25.2 Å². The summed E-state index contributed by atoms with van der Waals surface area (Å²) in [6.45, 7) is 0.971. The van der Waals surface area contributed by atoms with Crippen LogP contribution in [0.4, 0.5) is 0 Å². The van der Waals surface area contributed by atoms with Crippen molar-refractivity contribution in [3.8, 4) is 5.75 Å². The summed E-state index contributed by atoms with van der Waals surface area (Å²) in [5, 5.41) is 1.07. The molecule has 1 fully saturated rings. The summed E-state index contributed by atoms with van der Waals surface area (Å²) >= 11 is 3.66. The second kappa shape index (κ2) is 8.68. The highest BCUT2D eigenvalue weighted by atomic mass is 79.9. The summed E-state index contributed by atoms with van der Waals surface area (Å²) in [6.07, 6.45) is 7.96. The number of hydrogen-bond acceptors (Lipinski definition) is 2. The van der Waals surface area contributed by atoms with Crippen molar-refractivity contribution in [2.75, 3.05) is 19.0 Å². The van der Waals surface area contributed by atoms with Gasteiger partial charge in [0, 0.05) is 11.9 Å². The van der Waals surface area contributed by atoms with Gasteiger partial charge in [-0.1, -0.05) is 34.5 Å². The molecule has 3 heteroatoms. The monoisotopic (exact) mass is 340 g/mol. The van der Waals surface area contributed by atoms with E-state index in [1.807, 2.05) is 12.1 Å². The third-order valence-electron chi connectivity index (χ3n) is 4.06. The van der Waals surface area contributed by atoms with E-state index in [4.69, 9.17) is 9.47 Å². The number of hydrogen-bond donors (Lipinski definition) is 0. The van der Waals surface area contributed by atoms with Crippen LogP contribution in [-0.2, 0) is 11.2 Å². The molecule has 112 valence electrons. The van der Waals surface area contributed by atoms with E-state index in [-0.39, 0.29) is 0 Å². The molecular formula is C17H25BrO2. The molecule has 2 unspecified atom stereocenters. The zero-order valence-corrected chi connectivity index (χ0v) is 13.9. The summed E-state index contributed by atoms with van der Waals surface area (Å²) in [6, 6.07) is 8.45. The fourth-order valence-corrected chi connectivity index (χ4v) is 3.39. The van der Waals surface area contributed by atoms with Gasteiger partial charge in [-0.15, -0.1) is 0 Å². The van der Waals surface area contributed by atoms with Gasteiger partial charge in [-0.3, -0.25) is 0 Å². The first-order valence-electron chi connectivity index (χ1n) is 7.62. The van der Waals surface area contributed by atoms with E-state index in [0.717, 1.165) is 24.1 Å². The number of halogens is 1. The minimum Gasteiger partial charge on any atom is -0.497 e. The van der Waals surface area contributed by atoms with Gasteiger partial charge in [0.1, 0.15) is 5.75 Å². The second-order valence-corrected chi connectivity index (χ2v) is 6.29. The van der Waals surface area contributed by atoms with Crippen molar-refractivity contribution in [1.82, 2.24) is 0 Å². The van der Waals surface area contributed by atoms with Gasteiger partial charge in [0.25, 0.3) is 0 Å². The lowest BCUT2D eigenvalue weighted by Crippen LogP contribution is -2.09. The zero-order valence-electron chi connectivity index (χ0n) is 12.3. The Bertz CT molecular complexity index is 371. The van der Waals surface area contributed by atoms with E-state index in [0.29, 0.717) is 12.0 Å². The molecule has 0 saturated carbocycles. The van der Waals surface area contributed by atoms with E-state index in [2.05, 4.69) is 28.1 Å². The minimum atomic E-state index is 0.534. The normalized spacial score (nSPS) is 20.0. The molecule has 0 spiro atoms. The molecule has 2 rings (SSSR count). The van der Waals surface area contributed by atoms with Crippen LogP contribution in [0.5, 0.6) is 5.75 Å². The molecule has 0 aromatic heterocycles. The molecule has 0 aliphatic carbocycles. The van der Waals surface area contributed by atoms with E-state index in [9.17, 15) is 0 Å². The second-order valence-electron chi connectivity index (χ2n) is 5.64. The Labute approximate surface area is 131 Å². The Kier molecular flexibility index (Phi) is 6.88. The highest BCUT2D eigenvalue weighted by Gasteiger charge is 2.16. The molecule has 0 radical (unpaired) electrons. The predicted molar refractivity (Wildman–Crippen MR) is 86.8 cm³/mol. The molecule has 2 nitrogen and oxygen atoms in total. The van der Waals surface area contributed by atoms with Crippen molar-refractivity contribution in [3.63, 3.8) is 0 Å². The maximum Gasteiger partial charge on any atom is 0.118 e. The van der Waals surface area contributed by atoms with Gasteiger partial charge in [0.15, 0.2) is 0 Å². The fraction of sp³-hybridized carbons (Fsp3) is 0.647. The van der Waals surface area contributed by atoms with Crippen molar-refractivity contribution < 1.29 is 9.47 Å². The molecule has 1 saturated heterocycles. The topological polar surface area (TPSA) is 18.5 Å². The van der Waals surface area contributed by atoms with E-state index >= 15 is 0 Å². The summed E-state index contributed by atoms with van der Waals surface area (Å²) in [5.74, 6) is 1.65. The van der Waals surface area contributed by atoms with Crippen molar-refractivity contribution in [1.29, 1.82) is 0 Å². The smallest absolute Gasteiger partial charge is 0.118 e. The van der Waals surface area contributed by atoms with Gasteiger partial charge in [0.05, 0.1) is 13.2 Å². The third-order valence-corrected chi connectivity index (χ3v) is 4.98. The predicted octanol–water partition coefficient (Wildman–Crippen LogP) is 4.60. The Morgan fingerprint density at radius 1 is 1.35 bits per heavy atom. The largest absolute Gasteiger partial charge is 0.497 e. The molecule has 1 aliphatic rings. The lowest BCUT2D eigenvalue weighted by atomic mass is 9.95. The first-order chi connectivity index (χ1) is 9.81. The summed E-state index contributed by atoms with van der Waals surface area (Å²) in [5.41, 5.74) is 1.40. The van der Waals surface area contributed by atoms with Crippen molar-refractivity contribution in [2.24, 2.45) is 5.92 Å². The van der Waals surface area contributed by atoms with Gasteiger partial charge < -0.3 is 9.47 Å². The third kappa shape index (κ3) is 5.10. The van der Waals surface area contributed by atoms with Crippen LogP contribution in [0.1, 0.15) is 37.7 Å². The Morgan fingerprint density at radius 3 is 2.75 bits per heavy atom. The van der Waals surface area contributed by atoms with Gasteiger partial charge in [0.2, 0.25) is 0 Å². The van der Waals surface area contributed by atoms with Crippen LogP contribution >= 0.6 is 15.9 Å². The summed E-state index contributed by atoms with van der Waals surface area (Å²) in [4.78, 5) is 0. The van der Waals surface area contributed by atoms with Crippen LogP contribution < -0.4 is 4.74 Å².